The van der Waals surface area contributed by atoms with Gasteiger partial charge in [0.2, 0.25) is 5.91 Å². The van der Waals surface area contributed by atoms with Crippen LogP contribution in [-0.2, 0) is 11.2 Å². The van der Waals surface area contributed by atoms with E-state index in [1.165, 1.54) is 11.8 Å². The van der Waals surface area contributed by atoms with Crippen LogP contribution in [0.2, 0.25) is 0 Å². The molecule has 0 unspecified atom stereocenters. The Labute approximate surface area is 141 Å². The Hall–Kier alpha value is -1.47. The van der Waals surface area contributed by atoms with Gasteiger partial charge in [0.25, 0.3) is 0 Å². The number of amides is 1. The first-order valence-corrected chi connectivity index (χ1v) is 8.19. The fraction of sp³-hybridized carbons (Fsp3) is 0.467. The van der Waals surface area contributed by atoms with Crippen LogP contribution in [-0.4, -0.2) is 55.7 Å². The summed E-state index contributed by atoms with van der Waals surface area (Å²) in [5, 5.41) is 2.88. The van der Waals surface area contributed by atoms with Crippen molar-refractivity contribution in [3.8, 4) is 11.5 Å². The maximum Gasteiger partial charge on any atom is 0.230 e. The number of nitrogens with zero attached hydrogens (tertiary/aromatic N) is 1. The number of ether oxygens (including phenoxy) is 2. The van der Waals surface area contributed by atoms with Crippen molar-refractivity contribution in [3.05, 3.63) is 23.8 Å². The van der Waals surface area contributed by atoms with E-state index in [2.05, 4.69) is 5.32 Å². The molecule has 7 heteroatoms. The fourth-order valence-electron chi connectivity index (χ4n) is 1.69. The minimum Gasteiger partial charge on any atom is -0.493 e. The molecular weight excluding hydrogens is 320 g/mol. The molecule has 0 bridgehead atoms. The number of nitrogens with one attached hydrogen (secondary N) is 1. The van der Waals surface area contributed by atoms with Gasteiger partial charge in [-0.25, -0.2) is 0 Å². The Morgan fingerprint density at radius 2 is 1.95 bits per heavy atom. The zero-order valence-corrected chi connectivity index (χ0v) is 15.0. The van der Waals surface area contributed by atoms with Crippen LogP contribution >= 0.6 is 24.0 Å². The van der Waals surface area contributed by atoms with Gasteiger partial charge in [-0.15, -0.1) is 0 Å². The highest BCUT2D eigenvalue weighted by Crippen LogP contribution is 2.27. The second-order valence-electron chi connectivity index (χ2n) is 4.74. The van der Waals surface area contributed by atoms with E-state index in [9.17, 15) is 4.79 Å². The molecule has 0 fully saturated rings. The van der Waals surface area contributed by atoms with Gasteiger partial charge in [-0.1, -0.05) is 30.0 Å². The van der Waals surface area contributed by atoms with Crippen molar-refractivity contribution in [2.24, 2.45) is 0 Å². The van der Waals surface area contributed by atoms with Gasteiger partial charge in [-0.05, 0) is 24.1 Å². The van der Waals surface area contributed by atoms with Crippen molar-refractivity contribution in [2.45, 2.75) is 6.42 Å². The lowest BCUT2D eigenvalue weighted by molar-refractivity contribution is -0.118. The topological polar surface area (TPSA) is 50.8 Å². The molecule has 22 heavy (non-hydrogen) atoms. The molecular formula is C15H22N2O3S2. The van der Waals surface area contributed by atoms with Gasteiger partial charge in [-0.2, -0.15) is 0 Å². The average molecular weight is 342 g/mol. The van der Waals surface area contributed by atoms with Gasteiger partial charge in [0.05, 0.1) is 20.0 Å². The summed E-state index contributed by atoms with van der Waals surface area (Å²) in [5.74, 6) is 1.71. The zero-order valence-electron chi connectivity index (χ0n) is 13.3. The molecule has 0 aliphatic carbocycles. The monoisotopic (exact) mass is 342 g/mol. The number of hydrogen-bond acceptors (Lipinski definition) is 5. The van der Waals surface area contributed by atoms with E-state index in [1.54, 1.807) is 14.2 Å². The number of carbonyl (C=O) groups excluding carboxylic acids is 1. The van der Waals surface area contributed by atoms with Crippen LogP contribution in [0.3, 0.4) is 0 Å². The molecule has 0 saturated heterocycles. The van der Waals surface area contributed by atoms with Crippen molar-refractivity contribution in [3.63, 3.8) is 0 Å². The maximum atomic E-state index is 11.7. The minimum absolute atomic E-state index is 0.0188. The minimum atomic E-state index is -0.0188. The Kier molecular flexibility index (Phi) is 8.05. The van der Waals surface area contributed by atoms with Crippen molar-refractivity contribution >= 4 is 34.2 Å². The molecule has 0 aromatic heterocycles. The van der Waals surface area contributed by atoms with Crippen LogP contribution in [0.15, 0.2) is 18.2 Å². The lowest BCUT2D eigenvalue weighted by Gasteiger charge is -2.12. The van der Waals surface area contributed by atoms with E-state index in [0.29, 0.717) is 28.1 Å². The average Bonchev–Trinajstić information content (AvgIpc) is 2.52. The molecule has 0 heterocycles. The number of benzene rings is 1. The number of methoxy groups -OCH3 is 2. The quantitative estimate of drug-likeness (QED) is 0.765. The summed E-state index contributed by atoms with van der Waals surface area (Å²) in [7, 11) is 6.94. The number of rotatable bonds is 7. The van der Waals surface area contributed by atoms with Crippen LogP contribution < -0.4 is 14.8 Å². The van der Waals surface area contributed by atoms with Crippen LogP contribution in [0.5, 0.6) is 11.5 Å². The summed E-state index contributed by atoms with van der Waals surface area (Å²) in [6.45, 7) is 0.573. The molecule has 1 aromatic carbocycles. The van der Waals surface area contributed by atoms with E-state index in [4.69, 9.17) is 21.7 Å². The maximum absolute atomic E-state index is 11.7. The summed E-state index contributed by atoms with van der Waals surface area (Å²) in [6, 6.07) is 5.74. The molecule has 122 valence electrons. The summed E-state index contributed by atoms with van der Waals surface area (Å²) in [5.41, 5.74) is 1.08. The number of hydrogen-bond donors (Lipinski definition) is 1. The molecule has 0 atom stereocenters. The summed E-state index contributed by atoms with van der Waals surface area (Å²) in [4.78, 5) is 13.5. The Bertz CT molecular complexity index is 522. The zero-order chi connectivity index (χ0) is 16.5. The number of thiocarbonyl (C=S) groups is 1. The first-order valence-electron chi connectivity index (χ1n) is 6.79. The van der Waals surface area contributed by atoms with Crippen LogP contribution in [0, 0.1) is 0 Å². The highest BCUT2D eigenvalue weighted by molar-refractivity contribution is 8.23. The molecule has 1 aromatic rings. The summed E-state index contributed by atoms with van der Waals surface area (Å²) >= 11 is 6.48. The third kappa shape index (κ3) is 6.11. The molecule has 0 aliphatic rings. The van der Waals surface area contributed by atoms with Crippen LogP contribution in [0.25, 0.3) is 0 Å². The van der Waals surface area contributed by atoms with E-state index >= 15 is 0 Å². The predicted octanol–water partition coefficient (Wildman–Crippen LogP) is 1.94. The van der Waals surface area contributed by atoms with Crippen molar-refractivity contribution in [2.75, 3.05) is 40.6 Å². The molecule has 1 rings (SSSR count). The predicted molar refractivity (Wildman–Crippen MR) is 95.0 cm³/mol. The van der Waals surface area contributed by atoms with Crippen molar-refractivity contribution in [1.29, 1.82) is 0 Å². The third-order valence-electron chi connectivity index (χ3n) is 2.88. The first kappa shape index (κ1) is 18.6. The van der Waals surface area contributed by atoms with Crippen LogP contribution in [0.4, 0.5) is 0 Å². The second-order valence-corrected chi connectivity index (χ2v) is 6.35. The lowest BCUT2D eigenvalue weighted by atomic mass is 10.1. The number of thioether (sulfide) groups is 1. The first-order chi connectivity index (χ1) is 10.5. The van der Waals surface area contributed by atoms with Crippen molar-refractivity contribution in [1.82, 2.24) is 10.2 Å². The molecule has 0 radical (unpaired) electrons. The molecule has 1 amide bonds. The molecule has 0 aliphatic heterocycles. The van der Waals surface area contributed by atoms with E-state index in [-0.39, 0.29) is 5.91 Å². The van der Waals surface area contributed by atoms with E-state index in [0.717, 1.165) is 12.0 Å². The molecule has 1 N–H and O–H groups in total. The number of carbonyl (C=O) groups is 1. The van der Waals surface area contributed by atoms with Gasteiger partial charge < -0.3 is 19.7 Å². The standard InChI is InChI=1S/C15H22N2O3S2/c1-17(2)15(21)22-10-14(18)16-8-7-11-5-6-12(19-3)13(9-11)20-4/h5-6,9H,7-8,10H2,1-4H3,(H,16,18). The van der Waals surface area contributed by atoms with Gasteiger partial charge in [-0.3, -0.25) is 4.79 Å². The van der Waals surface area contributed by atoms with E-state index < -0.39 is 0 Å². The lowest BCUT2D eigenvalue weighted by Crippen LogP contribution is -2.28. The van der Waals surface area contributed by atoms with E-state index in [1.807, 2.05) is 37.2 Å². The largest absolute Gasteiger partial charge is 0.493 e. The molecule has 0 saturated carbocycles. The summed E-state index contributed by atoms with van der Waals surface area (Å²) in [6.07, 6.45) is 0.731. The summed E-state index contributed by atoms with van der Waals surface area (Å²) < 4.78 is 11.2. The highest BCUT2D eigenvalue weighted by Gasteiger charge is 2.07. The SMILES string of the molecule is COc1ccc(CCNC(=O)CSC(=S)N(C)C)cc1OC. The van der Waals surface area contributed by atoms with Crippen LogP contribution in [0.1, 0.15) is 5.56 Å². The Balaban J connectivity index is 2.38. The smallest absolute Gasteiger partial charge is 0.230 e. The fourth-order valence-corrected chi connectivity index (χ4v) is 2.48. The molecule has 5 nitrogen and oxygen atoms in total. The highest BCUT2D eigenvalue weighted by atomic mass is 32.2. The normalized spacial score (nSPS) is 10.0. The Morgan fingerprint density at radius 1 is 1.27 bits per heavy atom. The van der Waals surface area contributed by atoms with Crippen molar-refractivity contribution < 1.29 is 14.3 Å². The molecule has 0 spiro atoms. The van der Waals surface area contributed by atoms with Gasteiger partial charge in [0.15, 0.2) is 11.5 Å². The van der Waals surface area contributed by atoms with Gasteiger partial charge in [0.1, 0.15) is 4.32 Å². The Morgan fingerprint density at radius 3 is 2.55 bits per heavy atom. The van der Waals surface area contributed by atoms with Gasteiger partial charge >= 0.3 is 0 Å². The van der Waals surface area contributed by atoms with Gasteiger partial charge in [0, 0.05) is 20.6 Å². The third-order valence-corrected chi connectivity index (χ3v) is 4.61. The second kappa shape index (κ2) is 9.53.